The quantitative estimate of drug-likeness (QED) is 0.836. The molecule has 80 valence electrons. The fourth-order valence-electron chi connectivity index (χ4n) is 0.792. The second kappa shape index (κ2) is 4.31. The maximum Gasteiger partial charge on any atom is 0.243 e. The zero-order chi connectivity index (χ0) is 10.8. The Kier molecular flexibility index (Phi) is 3.55. The fourth-order valence-corrected chi connectivity index (χ4v) is 1.47. The highest BCUT2D eigenvalue weighted by Gasteiger charge is 2.14. The van der Waals surface area contributed by atoms with Crippen molar-refractivity contribution in [3.05, 3.63) is 11.7 Å². The lowest BCUT2D eigenvalue weighted by atomic mass is 10.3. The van der Waals surface area contributed by atoms with Crippen LogP contribution in [0.4, 0.5) is 0 Å². The molecule has 0 radical (unpaired) electrons. The molecule has 0 aliphatic rings. The molecule has 0 aliphatic heterocycles. The van der Waals surface area contributed by atoms with Crippen LogP contribution < -0.4 is 5.73 Å². The van der Waals surface area contributed by atoms with Gasteiger partial charge in [0.2, 0.25) is 5.89 Å². The van der Waals surface area contributed by atoms with E-state index in [9.17, 15) is 0 Å². The summed E-state index contributed by atoms with van der Waals surface area (Å²) in [6, 6.07) is -0.184. The third-order valence-electron chi connectivity index (χ3n) is 1.51. The normalized spacial score (nSPS) is 14.4. The first-order chi connectivity index (χ1) is 6.38. The molecule has 1 rings (SSSR count). The van der Waals surface area contributed by atoms with Gasteiger partial charge in [-0.3, -0.25) is 0 Å². The van der Waals surface area contributed by atoms with Crippen molar-refractivity contribution in [2.24, 2.45) is 5.73 Å². The summed E-state index contributed by atoms with van der Waals surface area (Å²) in [7, 11) is 0. The standard InChI is InChI=1S/C9H17N3OS/c1-6(10)8-11-7(12-13-8)5-14-9(2,3)4/h6H,5,10H2,1-4H3. The first kappa shape index (κ1) is 11.5. The average Bonchev–Trinajstić information content (AvgIpc) is 2.47. The Morgan fingerprint density at radius 3 is 2.57 bits per heavy atom. The summed E-state index contributed by atoms with van der Waals surface area (Å²) >= 11 is 1.79. The predicted octanol–water partition coefficient (Wildman–Crippen LogP) is 2.12. The maximum absolute atomic E-state index is 5.61. The Morgan fingerprint density at radius 1 is 1.50 bits per heavy atom. The van der Waals surface area contributed by atoms with Gasteiger partial charge in [0.25, 0.3) is 0 Å². The summed E-state index contributed by atoms with van der Waals surface area (Å²) in [4.78, 5) is 4.19. The predicted molar refractivity (Wildman–Crippen MR) is 57.9 cm³/mol. The van der Waals surface area contributed by atoms with Crippen molar-refractivity contribution < 1.29 is 4.52 Å². The molecular weight excluding hydrogens is 198 g/mol. The minimum absolute atomic E-state index is 0.184. The molecule has 0 spiro atoms. The highest BCUT2D eigenvalue weighted by molar-refractivity contribution is 7.99. The van der Waals surface area contributed by atoms with Crippen LogP contribution in [0.2, 0.25) is 0 Å². The van der Waals surface area contributed by atoms with Gasteiger partial charge in [-0.15, -0.1) is 11.8 Å². The SMILES string of the molecule is CC(N)c1nc(CSC(C)(C)C)no1. The summed E-state index contributed by atoms with van der Waals surface area (Å²) in [6.07, 6.45) is 0. The molecule has 0 amide bonds. The van der Waals surface area contributed by atoms with E-state index in [2.05, 4.69) is 30.9 Å². The molecule has 0 fully saturated rings. The average molecular weight is 215 g/mol. The first-order valence-electron chi connectivity index (χ1n) is 4.60. The Bertz CT molecular complexity index is 290. The molecule has 1 aromatic rings. The number of nitrogens with two attached hydrogens (primary N) is 1. The van der Waals surface area contributed by atoms with Gasteiger partial charge in [-0.1, -0.05) is 25.9 Å². The highest BCUT2D eigenvalue weighted by atomic mass is 32.2. The van der Waals surface area contributed by atoms with Gasteiger partial charge >= 0.3 is 0 Å². The molecule has 1 heterocycles. The zero-order valence-corrected chi connectivity index (χ0v) is 9.89. The monoisotopic (exact) mass is 215 g/mol. The van der Waals surface area contributed by atoms with Crippen molar-refractivity contribution in [1.82, 2.24) is 10.1 Å². The van der Waals surface area contributed by atoms with E-state index in [-0.39, 0.29) is 10.8 Å². The fraction of sp³-hybridized carbons (Fsp3) is 0.778. The van der Waals surface area contributed by atoms with Gasteiger partial charge in [0.05, 0.1) is 11.8 Å². The second-order valence-electron chi connectivity index (χ2n) is 4.24. The Morgan fingerprint density at radius 2 is 2.14 bits per heavy atom. The van der Waals surface area contributed by atoms with Gasteiger partial charge in [-0.25, -0.2) is 0 Å². The lowest BCUT2D eigenvalue weighted by Crippen LogP contribution is -2.08. The maximum atomic E-state index is 5.61. The second-order valence-corrected chi connectivity index (χ2v) is 6.04. The summed E-state index contributed by atoms with van der Waals surface area (Å²) < 4.78 is 5.21. The summed E-state index contributed by atoms with van der Waals surface area (Å²) in [5, 5.41) is 3.85. The zero-order valence-electron chi connectivity index (χ0n) is 9.07. The van der Waals surface area contributed by atoms with E-state index in [0.717, 1.165) is 11.6 Å². The highest BCUT2D eigenvalue weighted by Crippen LogP contribution is 2.26. The van der Waals surface area contributed by atoms with Crippen LogP contribution in [0.1, 0.15) is 45.5 Å². The molecule has 1 atom stereocenters. The lowest BCUT2D eigenvalue weighted by Gasteiger charge is -2.15. The largest absolute Gasteiger partial charge is 0.338 e. The Hall–Kier alpha value is -0.550. The minimum Gasteiger partial charge on any atom is -0.338 e. The molecule has 0 bridgehead atoms. The molecule has 0 saturated heterocycles. The van der Waals surface area contributed by atoms with Gasteiger partial charge in [-0.2, -0.15) is 4.98 Å². The van der Waals surface area contributed by atoms with Crippen molar-refractivity contribution in [3.8, 4) is 0 Å². The van der Waals surface area contributed by atoms with Gasteiger partial charge in [-0.05, 0) is 6.92 Å². The third-order valence-corrected chi connectivity index (χ3v) is 2.78. The number of rotatable bonds is 3. The molecule has 1 unspecified atom stereocenters. The molecule has 4 nitrogen and oxygen atoms in total. The first-order valence-corrected chi connectivity index (χ1v) is 5.59. The molecule has 1 aromatic heterocycles. The molecular formula is C9H17N3OS. The van der Waals surface area contributed by atoms with E-state index in [1.165, 1.54) is 0 Å². The van der Waals surface area contributed by atoms with Gasteiger partial charge in [0.1, 0.15) is 0 Å². The van der Waals surface area contributed by atoms with E-state index < -0.39 is 0 Å². The van der Waals surface area contributed by atoms with E-state index in [4.69, 9.17) is 10.3 Å². The Balaban J connectivity index is 2.52. The van der Waals surface area contributed by atoms with Crippen LogP contribution in [0, 0.1) is 0 Å². The topological polar surface area (TPSA) is 64.9 Å². The van der Waals surface area contributed by atoms with Gasteiger partial charge in [0.15, 0.2) is 5.82 Å². The van der Waals surface area contributed by atoms with E-state index in [1.807, 2.05) is 6.92 Å². The van der Waals surface area contributed by atoms with Gasteiger partial charge in [0, 0.05) is 4.75 Å². The van der Waals surface area contributed by atoms with Crippen molar-refractivity contribution in [2.45, 2.75) is 44.2 Å². The van der Waals surface area contributed by atoms with Crippen LogP contribution in [-0.2, 0) is 5.75 Å². The van der Waals surface area contributed by atoms with Crippen molar-refractivity contribution in [2.75, 3.05) is 0 Å². The van der Waals surface area contributed by atoms with Crippen LogP contribution in [0.5, 0.6) is 0 Å². The molecule has 2 N–H and O–H groups in total. The van der Waals surface area contributed by atoms with Crippen LogP contribution in [0.15, 0.2) is 4.52 Å². The van der Waals surface area contributed by atoms with Crippen molar-refractivity contribution in [1.29, 1.82) is 0 Å². The molecule has 0 saturated carbocycles. The van der Waals surface area contributed by atoms with E-state index in [0.29, 0.717) is 5.89 Å². The van der Waals surface area contributed by atoms with E-state index >= 15 is 0 Å². The van der Waals surface area contributed by atoms with Crippen LogP contribution in [0.25, 0.3) is 0 Å². The number of thioether (sulfide) groups is 1. The Labute approximate surface area is 88.6 Å². The van der Waals surface area contributed by atoms with Crippen LogP contribution in [-0.4, -0.2) is 14.9 Å². The number of hydrogen-bond donors (Lipinski definition) is 1. The molecule has 0 aliphatic carbocycles. The van der Waals surface area contributed by atoms with Crippen LogP contribution in [0.3, 0.4) is 0 Å². The summed E-state index contributed by atoms with van der Waals surface area (Å²) in [5.41, 5.74) is 5.61. The summed E-state index contributed by atoms with van der Waals surface area (Å²) in [5.74, 6) is 1.99. The molecule has 5 heteroatoms. The summed E-state index contributed by atoms with van der Waals surface area (Å²) in [6.45, 7) is 8.30. The van der Waals surface area contributed by atoms with Crippen molar-refractivity contribution >= 4 is 11.8 Å². The van der Waals surface area contributed by atoms with E-state index in [1.54, 1.807) is 11.8 Å². The number of nitrogens with zero attached hydrogens (tertiary/aromatic N) is 2. The molecule has 14 heavy (non-hydrogen) atoms. The van der Waals surface area contributed by atoms with Crippen LogP contribution >= 0.6 is 11.8 Å². The third kappa shape index (κ3) is 3.67. The number of aromatic nitrogens is 2. The molecule has 0 aromatic carbocycles. The minimum atomic E-state index is -0.184. The lowest BCUT2D eigenvalue weighted by molar-refractivity contribution is 0.358. The smallest absolute Gasteiger partial charge is 0.243 e. The van der Waals surface area contributed by atoms with Gasteiger partial charge < -0.3 is 10.3 Å². The number of hydrogen-bond acceptors (Lipinski definition) is 5. The van der Waals surface area contributed by atoms with Crippen molar-refractivity contribution in [3.63, 3.8) is 0 Å².